The van der Waals surface area contributed by atoms with Crippen LogP contribution in [0.15, 0.2) is 24.9 Å². The molecule has 0 saturated carbocycles. The average molecular weight is 273 g/mol. The van der Waals surface area contributed by atoms with Crippen molar-refractivity contribution in [2.75, 3.05) is 13.1 Å². The maximum atomic E-state index is 12.4. The van der Waals surface area contributed by atoms with Crippen molar-refractivity contribution in [1.82, 2.24) is 24.4 Å². The summed E-state index contributed by atoms with van der Waals surface area (Å²) >= 11 is 0. The van der Waals surface area contributed by atoms with Crippen molar-refractivity contribution < 1.29 is 4.79 Å². The summed E-state index contributed by atoms with van der Waals surface area (Å²) in [5, 5.41) is 0. The topological polar surface area (TPSA) is 66.8 Å². The molecule has 3 rings (SSSR count). The molecule has 0 spiro atoms. The standard InChI is InChI=1S/C14H19N5O/c1-2-13-16-5-7-19(13)11-4-3-6-18(9-11)14(20)12-8-15-10-17-12/h5,7-8,10-11H,2-4,6,9H2,1H3,(H,15,17). The minimum Gasteiger partial charge on any atom is -0.341 e. The number of hydrogen-bond acceptors (Lipinski definition) is 3. The first-order valence-electron chi connectivity index (χ1n) is 7.09. The molecule has 6 heteroatoms. The second-order valence-electron chi connectivity index (χ2n) is 5.12. The minimum atomic E-state index is 0.0327. The van der Waals surface area contributed by atoms with Gasteiger partial charge in [0.05, 0.1) is 18.6 Å². The van der Waals surface area contributed by atoms with Crippen LogP contribution in [-0.2, 0) is 6.42 Å². The van der Waals surface area contributed by atoms with E-state index >= 15 is 0 Å². The smallest absolute Gasteiger partial charge is 0.271 e. The van der Waals surface area contributed by atoms with Gasteiger partial charge in [-0.2, -0.15) is 0 Å². The van der Waals surface area contributed by atoms with Crippen LogP contribution >= 0.6 is 0 Å². The monoisotopic (exact) mass is 273 g/mol. The summed E-state index contributed by atoms with van der Waals surface area (Å²) in [6.07, 6.45) is 10.0. The number of hydrogen-bond donors (Lipinski definition) is 1. The molecule has 1 saturated heterocycles. The van der Waals surface area contributed by atoms with Crippen LogP contribution in [0.1, 0.15) is 42.1 Å². The van der Waals surface area contributed by atoms with E-state index in [-0.39, 0.29) is 5.91 Å². The summed E-state index contributed by atoms with van der Waals surface area (Å²) in [6, 6.07) is 0.327. The van der Waals surface area contributed by atoms with Crippen molar-refractivity contribution in [3.63, 3.8) is 0 Å². The minimum absolute atomic E-state index is 0.0327. The third-order valence-corrected chi connectivity index (χ3v) is 3.87. The number of H-pyrrole nitrogens is 1. The first-order valence-corrected chi connectivity index (χ1v) is 7.09. The molecule has 1 amide bonds. The van der Waals surface area contributed by atoms with Crippen LogP contribution in [0.25, 0.3) is 0 Å². The number of likely N-dealkylation sites (tertiary alicyclic amines) is 1. The number of rotatable bonds is 3. The van der Waals surface area contributed by atoms with Gasteiger partial charge in [-0.3, -0.25) is 4.79 Å². The van der Waals surface area contributed by atoms with E-state index in [4.69, 9.17) is 0 Å². The van der Waals surface area contributed by atoms with Gasteiger partial charge in [0.1, 0.15) is 11.5 Å². The van der Waals surface area contributed by atoms with Crippen LogP contribution in [-0.4, -0.2) is 43.4 Å². The predicted molar refractivity (Wildman–Crippen MR) is 74.4 cm³/mol. The molecule has 2 aromatic heterocycles. The fourth-order valence-corrected chi connectivity index (χ4v) is 2.86. The fraction of sp³-hybridized carbons (Fsp3) is 0.500. The second kappa shape index (κ2) is 5.48. The summed E-state index contributed by atoms with van der Waals surface area (Å²) in [5.74, 6) is 1.12. The largest absolute Gasteiger partial charge is 0.341 e. The van der Waals surface area contributed by atoms with Crippen molar-refractivity contribution in [2.45, 2.75) is 32.2 Å². The summed E-state index contributed by atoms with van der Waals surface area (Å²) in [5.41, 5.74) is 0.562. The van der Waals surface area contributed by atoms with Crippen LogP contribution in [0.2, 0.25) is 0 Å². The Balaban J connectivity index is 1.75. The van der Waals surface area contributed by atoms with Gasteiger partial charge in [-0.1, -0.05) is 6.92 Å². The Morgan fingerprint density at radius 2 is 2.45 bits per heavy atom. The lowest BCUT2D eigenvalue weighted by atomic mass is 10.0. The van der Waals surface area contributed by atoms with E-state index in [0.717, 1.165) is 38.2 Å². The Morgan fingerprint density at radius 3 is 3.20 bits per heavy atom. The number of nitrogens with one attached hydrogen (secondary N) is 1. The van der Waals surface area contributed by atoms with Gasteiger partial charge in [-0.15, -0.1) is 0 Å². The zero-order valence-corrected chi connectivity index (χ0v) is 11.6. The van der Waals surface area contributed by atoms with Gasteiger partial charge in [0.2, 0.25) is 0 Å². The Kier molecular flexibility index (Phi) is 3.54. The van der Waals surface area contributed by atoms with E-state index in [1.807, 2.05) is 17.3 Å². The Labute approximate surface area is 117 Å². The maximum absolute atomic E-state index is 12.4. The van der Waals surface area contributed by atoms with E-state index in [0.29, 0.717) is 11.7 Å². The first-order chi connectivity index (χ1) is 9.79. The van der Waals surface area contributed by atoms with E-state index in [1.54, 1.807) is 12.5 Å². The van der Waals surface area contributed by atoms with Gasteiger partial charge in [-0.25, -0.2) is 9.97 Å². The SMILES string of the molecule is CCc1nccn1C1CCCN(C(=O)c2cnc[nH]2)C1. The van der Waals surface area contributed by atoms with Gasteiger partial charge < -0.3 is 14.5 Å². The Hall–Kier alpha value is -2.11. The Bertz CT molecular complexity index is 574. The molecule has 0 aliphatic carbocycles. The Morgan fingerprint density at radius 1 is 1.55 bits per heavy atom. The lowest BCUT2D eigenvalue weighted by Crippen LogP contribution is -2.41. The van der Waals surface area contributed by atoms with E-state index < -0.39 is 0 Å². The lowest BCUT2D eigenvalue weighted by molar-refractivity contribution is 0.0672. The number of amides is 1. The first kappa shape index (κ1) is 12.9. The maximum Gasteiger partial charge on any atom is 0.271 e. The van der Waals surface area contributed by atoms with Gasteiger partial charge in [0.15, 0.2) is 0 Å². The molecule has 20 heavy (non-hydrogen) atoms. The van der Waals surface area contributed by atoms with Gasteiger partial charge in [0, 0.05) is 31.9 Å². The highest BCUT2D eigenvalue weighted by Crippen LogP contribution is 2.23. The molecule has 106 valence electrons. The molecule has 1 aliphatic rings. The van der Waals surface area contributed by atoms with Crippen molar-refractivity contribution in [3.05, 3.63) is 36.4 Å². The number of aromatic nitrogens is 4. The molecule has 1 aliphatic heterocycles. The normalized spacial score (nSPS) is 19.2. The van der Waals surface area contributed by atoms with Crippen molar-refractivity contribution in [1.29, 1.82) is 0 Å². The quantitative estimate of drug-likeness (QED) is 0.924. The number of carbonyl (C=O) groups excluding carboxylic acids is 1. The lowest BCUT2D eigenvalue weighted by Gasteiger charge is -2.33. The third-order valence-electron chi connectivity index (χ3n) is 3.87. The summed E-state index contributed by atoms with van der Waals surface area (Å²) in [7, 11) is 0. The number of nitrogens with zero attached hydrogens (tertiary/aromatic N) is 4. The molecule has 1 fully saturated rings. The molecule has 0 radical (unpaired) electrons. The molecule has 6 nitrogen and oxygen atoms in total. The second-order valence-corrected chi connectivity index (χ2v) is 5.12. The molecule has 0 aromatic carbocycles. The predicted octanol–water partition coefficient (Wildman–Crippen LogP) is 1.65. The van der Waals surface area contributed by atoms with Gasteiger partial charge in [0.25, 0.3) is 5.91 Å². The molecular weight excluding hydrogens is 254 g/mol. The van der Waals surface area contributed by atoms with Gasteiger partial charge >= 0.3 is 0 Å². The van der Waals surface area contributed by atoms with Crippen molar-refractivity contribution in [3.8, 4) is 0 Å². The van der Waals surface area contributed by atoms with Crippen LogP contribution in [0, 0.1) is 0 Å². The van der Waals surface area contributed by atoms with Crippen LogP contribution in [0.4, 0.5) is 0 Å². The molecular formula is C14H19N5O. The summed E-state index contributed by atoms with van der Waals surface area (Å²) in [4.78, 5) is 25.4. The zero-order valence-electron chi connectivity index (χ0n) is 11.6. The molecule has 3 heterocycles. The molecule has 0 bridgehead atoms. The zero-order chi connectivity index (χ0) is 13.9. The highest BCUT2D eigenvalue weighted by molar-refractivity contribution is 5.92. The number of aryl methyl sites for hydroxylation is 1. The van der Waals surface area contributed by atoms with E-state index in [1.165, 1.54) is 0 Å². The third kappa shape index (κ3) is 2.33. The fourth-order valence-electron chi connectivity index (χ4n) is 2.86. The van der Waals surface area contributed by atoms with Crippen LogP contribution in [0.5, 0.6) is 0 Å². The molecule has 1 N–H and O–H groups in total. The molecule has 2 aromatic rings. The van der Waals surface area contributed by atoms with Crippen molar-refractivity contribution in [2.24, 2.45) is 0 Å². The van der Waals surface area contributed by atoms with Crippen LogP contribution in [0.3, 0.4) is 0 Å². The highest BCUT2D eigenvalue weighted by Gasteiger charge is 2.26. The number of piperidine rings is 1. The van der Waals surface area contributed by atoms with Gasteiger partial charge in [-0.05, 0) is 12.8 Å². The molecule has 1 unspecified atom stereocenters. The number of carbonyl (C=O) groups is 1. The average Bonchev–Trinajstić information content (AvgIpc) is 3.17. The van der Waals surface area contributed by atoms with Crippen LogP contribution < -0.4 is 0 Å². The highest BCUT2D eigenvalue weighted by atomic mass is 16.2. The number of aromatic amines is 1. The van der Waals surface area contributed by atoms with E-state index in [2.05, 4.69) is 26.4 Å². The number of imidazole rings is 2. The molecule has 1 atom stereocenters. The van der Waals surface area contributed by atoms with E-state index in [9.17, 15) is 4.79 Å². The summed E-state index contributed by atoms with van der Waals surface area (Å²) < 4.78 is 2.21. The van der Waals surface area contributed by atoms with Crippen molar-refractivity contribution >= 4 is 5.91 Å². The summed E-state index contributed by atoms with van der Waals surface area (Å²) in [6.45, 7) is 3.65.